The van der Waals surface area contributed by atoms with Crippen molar-refractivity contribution in [3.05, 3.63) is 17.5 Å². The summed E-state index contributed by atoms with van der Waals surface area (Å²) in [5.41, 5.74) is 1.46. The van der Waals surface area contributed by atoms with Crippen molar-refractivity contribution >= 4 is 5.97 Å². The van der Waals surface area contributed by atoms with Crippen molar-refractivity contribution in [1.29, 1.82) is 0 Å². The van der Waals surface area contributed by atoms with Crippen LogP contribution in [0.25, 0.3) is 0 Å². The lowest BCUT2D eigenvalue weighted by molar-refractivity contribution is 0.0593. The van der Waals surface area contributed by atoms with Gasteiger partial charge >= 0.3 is 5.97 Å². The molecule has 0 saturated carbocycles. The quantitative estimate of drug-likeness (QED) is 0.758. The van der Waals surface area contributed by atoms with Crippen LogP contribution in [0.5, 0.6) is 0 Å². The number of carbonyl (C=O) groups is 1. The minimum Gasteiger partial charge on any atom is -0.464 e. The molecule has 0 amide bonds. The van der Waals surface area contributed by atoms with E-state index in [0.717, 1.165) is 18.7 Å². The molecule has 5 heteroatoms. The third kappa shape index (κ3) is 2.24. The van der Waals surface area contributed by atoms with E-state index in [-0.39, 0.29) is 5.97 Å². The largest absolute Gasteiger partial charge is 0.464 e. The average molecular weight is 223 g/mol. The number of nitrogens with zero attached hydrogens (tertiary/aromatic N) is 2. The molecule has 0 radical (unpaired) electrons. The van der Waals surface area contributed by atoms with E-state index in [9.17, 15) is 4.79 Å². The Balaban J connectivity index is 2.08. The molecule has 0 bridgehead atoms. The maximum atomic E-state index is 11.3. The summed E-state index contributed by atoms with van der Waals surface area (Å²) in [6.07, 6.45) is 3.34. The van der Waals surface area contributed by atoms with Crippen LogP contribution in [0.2, 0.25) is 0 Å². The van der Waals surface area contributed by atoms with Crippen molar-refractivity contribution < 1.29 is 9.53 Å². The Hall–Kier alpha value is -1.36. The molecule has 1 N–H and O–H groups in total. The molecular formula is C11H17N3O2. The molecule has 1 aliphatic heterocycles. The van der Waals surface area contributed by atoms with E-state index in [2.05, 4.69) is 15.2 Å². The molecule has 0 aromatic carbocycles. The van der Waals surface area contributed by atoms with Gasteiger partial charge in [-0.3, -0.25) is 4.68 Å². The highest BCUT2D eigenvalue weighted by Crippen LogP contribution is 2.13. The van der Waals surface area contributed by atoms with E-state index in [1.165, 1.54) is 20.0 Å². The van der Waals surface area contributed by atoms with Crippen LogP contribution in [0.4, 0.5) is 0 Å². The first-order chi connectivity index (χ1) is 7.70. The second-order valence-corrected chi connectivity index (χ2v) is 4.13. The predicted octanol–water partition coefficient (Wildman–Crippen LogP) is 0.501. The Morgan fingerprint density at radius 2 is 2.56 bits per heavy atom. The second-order valence-electron chi connectivity index (χ2n) is 4.13. The fraction of sp³-hybridized carbons (Fsp3) is 0.636. The van der Waals surface area contributed by atoms with E-state index >= 15 is 0 Å². The minimum absolute atomic E-state index is 0.374. The molecule has 16 heavy (non-hydrogen) atoms. The molecule has 1 fully saturated rings. The maximum Gasteiger partial charge on any atom is 0.358 e. The lowest BCUT2D eigenvalue weighted by Gasteiger charge is -2.09. The van der Waals surface area contributed by atoms with Gasteiger partial charge in [-0.05, 0) is 25.5 Å². The first-order valence-corrected chi connectivity index (χ1v) is 5.55. The Bertz CT molecular complexity index is 381. The third-order valence-corrected chi connectivity index (χ3v) is 2.99. The number of hydrogen-bond acceptors (Lipinski definition) is 4. The van der Waals surface area contributed by atoms with Crippen LogP contribution in [0.3, 0.4) is 0 Å². The number of aryl methyl sites for hydroxylation is 1. The van der Waals surface area contributed by atoms with E-state index in [1.807, 2.05) is 13.1 Å². The summed E-state index contributed by atoms with van der Waals surface area (Å²) in [7, 11) is 3.23. The van der Waals surface area contributed by atoms with Crippen molar-refractivity contribution in [3.8, 4) is 0 Å². The van der Waals surface area contributed by atoms with Gasteiger partial charge in [-0.25, -0.2) is 4.79 Å². The van der Waals surface area contributed by atoms with Crippen molar-refractivity contribution in [3.63, 3.8) is 0 Å². The zero-order valence-corrected chi connectivity index (χ0v) is 9.69. The van der Waals surface area contributed by atoms with E-state index in [1.54, 1.807) is 4.68 Å². The molecule has 1 saturated heterocycles. The summed E-state index contributed by atoms with van der Waals surface area (Å²) in [5.74, 6) is -0.374. The SMILES string of the molecule is COC(=O)c1cc(CC2CCCN2)n(C)n1. The number of rotatable bonds is 3. The molecule has 0 spiro atoms. The highest BCUT2D eigenvalue weighted by molar-refractivity contribution is 5.87. The first-order valence-electron chi connectivity index (χ1n) is 5.55. The maximum absolute atomic E-state index is 11.3. The van der Waals surface area contributed by atoms with Crippen LogP contribution in [-0.2, 0) is 18.2 Å². The third-order valence-electron chi connectivity index (χ3n) is 2.99. The molecule has 1 unspecified atom stereocenters. The van der Waals surface area contributed by atoms with E-state index < -0.39 is 0 Å². The molecule has 2 rings (SSSR count). The van der Waals surface area contributed by atoms with Gasteiger partial charge in [-0.15, -0.1) is 0 Å². The van der Waals surface area contributed by atoms with Crippen LogP contribution < -0.4 is 5.32 Å². The van der Waals surface area contributed by atoms with Gasteiger partial charge in [0, 0.05) is 25.2 Å². The normalized spacial score (nSPS) is 20.0. The van der Waals surface area contributed by atoms with Gasteiger partial charge < -0.3 is 10.1 Å². The van der Waals surface area contributed by atoms with Gasteiger partial charge in [-0.2, -0.15) is 5.10 Å². The van der Waals surface area contributed by atoms with Crippen molar-refractivity contribution in [2.45, 2.75) is 25.3 Å². The number of ether oxygens (including phenoxy) is 1. The van der Waals surface area contributed by atoms with Crippen LogP contribution in [0.15, 0.2) is 6.07 Å². The standard InChI is InChI=1S/C11H17N3O2/c1-14-9(6-8-4-3-5-12-8)7-10(13-14)11(15)16-2/h7-8,12H,3-6H2,1-2H3. The zero-order chi connectivity index (χ0) is 11.5. The van der Waals surface area contributed by atoms with Gasteiger partial charge in [0.25, 0.3) is 0 Å². The van der Waals surface area contributed by atoms with Gasteiger partial charge in [0.05, 0.1) is 7.11 Å². The van der Waals surface area contributed by atoms with Crippen molar-refractivity contribution in [2.75, 3.05) is 13.7 Å². The van der Waals surface area contributed by atoms with E-state index in [4.69, 9.17) is 0 Å². The first kappa shape index (κ1) is 11.1. The Kier molecular flexibility index (Phi) is 3.24. The predicted molar refractivity (Wildman–Crippen MR) is 59.3 cm³/mol. The molecule has 2 heterocycles. The van der Waals surface area contributed by atoms with Gasteiger partial charge in [0.2, 0.25) is 0 Å². The number of carbonyl (C=O) groups excluding carboxylic acids is 1. The number of aromatic nitrogens is 2. The second kappa shape index (κ2) is 4.65. The summed E-state index contributed by atoms with van der Waals surface area (Å²) >= 11 is 0. The molecule has 5 nitrogen and oxygen atoms in total. The van der Waals surface area contributed by atoms with Crippen LogP contribution in [0, 0.1) is 0 Å². The lowest BCUT2D eigenvalue weighted by Crippen LogP contribution is -2.24. The van der Waals surface area contributed by atoms with Gasteiger partial charge in [0.15, 0.2) is 5.69 Å². The number of methoxy groups -OCH3 is 1. The number of nitrogens with one attached hydrogen (secondary N) is 1. The summed E-state index contributed by atoms with van der Waals surface area (Å²) in [6.45, 7) is 1.09. The molecule has 0 aliphatic carbocycles. The van der Waals surface area contributed by atoms with Crippen molar-refractivity contribution in [1.82, 2.24) is 15.1 Å². The fourth-order valence-corrected chi connectivity index (χ4v) is 2.08. The minimum atomic E-state index is -0.374. The lowest BCUT2D eigenvalue weighted by atomic mass is 10.1. The zero-order valence-electron chi connectivity index (χ0n) is 9.69. The molecular weight excluding hydrogens is 206 g/mol. The van der Waals surface area contributed by atoms with Crippen LogP contribution in [-0.4, -0.2) is 35.4 Å². The number of hydrogen-bond donors (Lipinski definition) is 1. The van der Waals surface area contributed by atoms with Crippen LogP contribution >= 0.6 is 0 Å². The Morgan fingerprint density at radius 1 is 1.75 bits per heavy atom. The Morgan fingerprint density at radius 3 is 3.19 bits per heavy atom. The fourth-order valence-electron chi connectivity index (χ4n) is 2.08. The molecule has 88 valence electrons. The molecule has 1 aromatic heterocycles. The molecule has 1 aliphatic rings. The van der Waals surface area contributed by atoms with E-state index in [0.29, 0.717) is 11.7 Å². The molecule has 1 atom stereocenters. The summed E-state index contributed by atoms with van der Waals surface area (Å²) in [4.78, 5) is 11.3. The summed E-state index contributed by atoms with van der Waals surface area (Å²) in [5, 5.41) is 7.57. The van der Waals surface area contributed by atoms with Crippen LogP contribution in [0.1, 0.15) is 29.0 Å². The highest BCUT2D eigenvalue weighted by atomic mass is 16.5. The smallest absolute Gasteiger partial charge is 0.358 e. The monoisotopic (exact) mass is 223 g/mol. The Labute approximate surface area is 94.8 Å². The summed E-state index contributed by atoms with van der Waals surface area (Å²) in [6, 6.07) is 2.33. The van der Waals surface area contributed by atoms with Gasteiger partial charge in [0.1, 0.15) is 0 Å². The van der Waals surface area contributed by atoms with Gasteiger partial charge in [-0.1, -0.05) is 0 Å². The summed E-state index contributed by atoms with van der Waals surface area (Å²) < 4.78 is 6.40. The van der Waals surface area contributed by atoms with Crippen molar-refractivity contribution in [2.24, 2.45) is 7.05 Å². The highest BCUT2D eigenvalue weighted by Gasteiger charge is 2.18. The number of esters is 1. The average Bonchev–Trinajstić information content (AvgIpc) is 2.89. The topological polar surface area (TPSA) is 56.1 Å². The molecule has 1 aromatic rings.